The molecule has 1 N–H and O–H groups in total. The van der Waals surface area contributed by atoms with E-state index in [0.717, 1.165) is 90.9 Å². The van der Waals surface area contributed by atoms with Gasteiger partial charge in [0.2, 0.25) is 0 Å². The number of likely N-dealkylation sites (tertiary alicyclic amines) is 1. The molecule has 33 heavy (non-hydrogen) atoms. The molecule has 2 fully saturated rings. The molecule has 0 radical (unpaired) electrons. The molecule has 174 valence electrons. The molecule has 0 aliphatic carbocycles. The van der Waals surface area contributed by atoms with Crippen molar-refractivity contribution in [2.24, 2.45) is 0 Å². The smallest absolute Gasteiger partial charge is 0.253 e. The van der Waals surface area contributed by atoms with Crippen LogP contribution in [0.2, 0.25) is 0 Å². The number of morpholine rings is 1. The summed E-state index contributed by atoms with van der Waals surface area (Å²) in [7, 11) is 0. The molecule has 2 aliphatic heterocycles. The second kappa shape index (κ2) is 10.2. The average Bonchev–Trinajstić information content (AvgIpc) is 3.33. The normalized spacial score (nSPS) is 19.8. The average molecular weight is 466 g/mol. The van der Waals surface area contributed by atoms with Crippen LogP contribution in [0.15, 0.2) is 41.8 Å². The maximum Gasteiger partial charge on any atom is 0.253 e. The first-order chi connectivity index (χ1) is 16.2. The summed E-state index contributed by atoms with van der Waals surface area (Å²) in [5.41, 5.74) is 3.94. The highest BCUT2D eigenvalue weighted by molar-refractivity contribution is 7.99. The summed E-state index contributed by atoms with van der Waals surface area (Å²) in [6, 6.07) is 7.92. The number of H-pyrrole nitrogens is 1. The Kier molecular flexibility index (Phi) is 6.94. The van der Waals surface area contributed by atoms with Crippen molar-refractivity contribution in [1.29, 1.82) is 0 Å². The number of thioether (sulfide) groups is 1. The highest BCUT2D eigenvalue weighted by Gasteiger charge is 2.28. The van der Waals surface area contributed by atoms with E-state index in [9.17, 15) is 4.79 Å². The molecule has 8 heteroatoms. The maximum absolute atomic E-state index is 13.2. The molecule has 1 atom stereocenters. The molecule has 2 aromatic heterocycles. The van der Waals surface area contributed by atoms with Gasteiger partial charge in [0.15, 0.2) is 5.16 Å². The molecule has 1 aromatic carbocycles. The number of nitrogens with zero attached hydrogens (tertiary/aromatic N) is 4. The lowest BCUT2D eigenvalue weighted by atomic mass is 9.92. The van der Waals surface area contributed by atoms with E-state index in [1.165, 1.54) is 0 Å². The number of carbonyl (C=O) groups is 1. The number of carbonyl (C=O) groups excluding carboxylic acids is 1. The third-order valence-electron chi connectivity index (χ3n) is 6.63. The van der Waals surface area contributed by atoms with Crippen molar-refractivity contribution >= 4 is 28.6 Å². The number of aryl methyl sites for hydroxylation is 1. The van der Waals surface area contributed by atoms with Crippen molar-refractivity contribution in [3.05, 3.63) is 53.5 Å². The molecule has 4 heterocycles. The number of ether oxygens (including phenoxy) is 1. The number of benzene rings is 1. The number of nitrogens with one attached hydrogen (secondary N) is 1. The number of rotatable bonds is 6. The number of amides is 1. The van der Waals surface area contributed by atoms with Gasteiger partial charge in [-0.15, -0.1) is 0 Å². The highest BCUT2D eigenvalue weighted by Crippen LogP contribution is 2.30. The molecule has 2 saturated heterocycles. The topological polar surface area (TPSA) is 74.3 Å². The van der Waals surface area contributed by atoms with E-state index in [4.69, 9.17) is 9.72 Å². The number of hydrogen-bond donors (Lipinski definition) is 1. The van der Waals surface area contributed by atoms with Gasteiger partial charge in [0.25, 0.3) is 5.91 Å². The number of hydrogen-bond acceptors (Lipinski definition) is 6. The lowest BCUT2D eigenvalue weighted by Crippen LogP contribution is -2.39. The molecule has 7 nitrogen and oxygen atoms in total. The van der Waals surface area contributed by atoms with Gasteiger partial charge >= 0.3 is 0 Å². The standard InChI is InChI=1S/C25H31N5O2S/c1-18-16-27-25(33-14-11-29-9-12-32-13-10-29)28-23(18)21-3-2-8-30(17-21)24(31)20-5-4-19-6-7-26-22(19)15-20/h4-7,15-16,21,26H,2-3,8-14,17H2,1H3/t21-/m0/s1. The van der Waals surface area contributed by atoms with Gasteiger partial charge in [-0.3, -0.25) is 9.69 Å². The van der Waals surface area contributed by atoms with E-state index in [-0.39, 0.29) is 11.8 Å². The van der Waals surface area contributed by atoms with Gasteiger partial charge in [-0.2, -0.15) is 0 Å². The van der Waals surface area contributed by atoms with Crippen molar-refractivity contribution in [2.45, 2.75) is 30.8 Å². The van der Waals surface area contributed by atoms with E-state index in [0.29, 0.717) is 6.54 Å². The van der Waals surface area contributed by atoms with Crippen LogP contribution in [0.3, 0.4) is 0 Å². The number of aromatic nitrogens is 3. The van der Waals surface area contributed by atoms with Crippen LogP contribution in [0.25, 0.3) is 10.9 Å². The zero-order valence-electron chi connectivity index (χ0n) is 19.1. The van der Waals surface area contributed by atoms with Gasteiger partial charge in [-0.05, 0) is 48.9 Å². The van der Waals surface area contributed by atoms with Crippen LogP contribution in [0, 0.1) is 6.92 Å². The zero-order valence-corrected chi connectivity index (χ0v) is 19.9. The molecular formula is C25H31N5O2S. The van der Waals surface area contributed by atoms with Crippen LogP contribution < -0.4 is 0 Å². The van der Waals surface area contributed by atoms with E-state index in [1.54, 1.807) is 11.8 Å². The fraction of sp³-hybridized carbons (Fsp3) is 0.480. The Morgan fingerprint density at radius 2 is 2.12 bits per heavy atom. The van der Waals surface area contributed by atoms with Crippen LogP contribution in [0.4, 0.5) is 0 Å². The minimum absolute atomic E-state index is 0.100. The van der Waals surface area contributed by atoms with Gasteiger partial charge in [-0.25, -0.2) is 9.97 Å². The Bertz CT molecular complexity index is 1110. The monoisotopic (exact) mass is 465 g/mol. The fourth-order valence-electron chi connectivity index (χ4n) is 4.76. The van der Waals surface area contributed by atoms with Crippen LogP contribution >= 0.6 is 11.8 Å². The van der Waals surface area contributed by atoms with Gasteiger partial charge in [-0.1, -0.05) is 17.8 Å². The molecule has 0 spiro atoms. The lowest BCUT2D eigenvalue weighted by Gasteiger charge is -2.33. The van der Waals surface area contributed by atoms with E-state index >= 15 is 0 Å². The van der Waals surface area contributed by atoms with Crippen LogP contribution in [-0.2, 0) is 4.74 Å². The summed E-state index contributed by atoms with van der Waals surface area (Å²) in [5.74, 6) is 1.32. The van der Waals surface area contributed by atoms with Crippen LogP contribution in [0.1, 0.15) is 40.4 Å². The molecule has 0 saturated carbocycles. The maximum atomic E-state index is 13.2. The van der Waals surface area contributed by atoms with Gasteiger partial charge < -0.3 is 14.6 Å². The number of fused-ring (bicyclic) bond motifs is 1. The minimum Gasteiger partial charge on any atom is -0.379 e. The molecule has 2 aliphatic rings. The Labute approximate surface area is 198 Å². The summed E-state index contributed by atoms with van der Waals surface area (Å²) in [5, 5.41) is 1.96. The zero-order chi connectivity index (χ0) is 22.6. The first-order valence-electron chi connectivity index (χ1n) is 11.8. The molecule has 0 unspecified atom stereocenters. The number of aromatic amines is 1. The quantitative estimate of drug-likeness (QED) is 0.442. The molecule has 3 aromatic rings. The summed E-state index contributed by atoms with van der Waals surface area (Å²) in [6.07, 6.45) is 5.89. The van der Waals surface area contributed by atoms with E-state index < -0.39 is 0 Å². The first kappa shape index (κ1) is 22.4. The van der Waals surface area contributed by atoms with E-state index in [2.05, 4.69) is 21.8 Å². The van der Waals surface area contributed by atoms with Crippen molar-refractivity contribution in [3.63, 3.8) is 0 Å². The van der Waals surface area contributed by atoms with Crippen molar-refractivity contribution in [2.75, 3.05) is 51.7 Å². The van der Waals surface area contributed by atoms with Gasteiger partial charge in [0.05, 0.1) is 18.9 Å². The Morgan fingerprint density at radius 3 is 3.00 bits per heavy atom. The highest BCUT2D eigenvalue weighted by atomic mass is 32.2. The Hall–Kier alpha value is -2.42. The summed E-state index contributed by atoms with van der Waals surface area (Å²) < 4.78 is 5.43. The Morgan fingerprint density at radius 1 is 1.24 bits per heavy atom. The fourth-order valence-corrected chi connectivity index (χ4v) is 5.58. The Balaban J connectivity index is 1.24. The summed E-state index contributed by atoms with van der Waals surface area (Å²) in [6.45, 7) is 8.26. The van der Waals surface area contributed by atoms with Crippen LogP contribution in [0.5, 0.6) is 0 Å². The predicted molar refractivity (Wildman–Crippen MR) is 131 cm³/mol. The lowest BCUT2D eigenvalue weighted by molar-refractivity contribution is 0.0410. The van der Waals surface area contributed by atoms with Crippen molar-refractivity contribution in [1.82, 2.24) is 24.8 Å². The first-order valence-corrected chi connectivity index (χ1v) is 12.8. The molecule has 5 rings (SSSR count). The number of piperidine rings is 1. The predicted octanol–water partition coefficient (Wildman–Crippen LogP) is 3.71. The van der Waals surface area contributed by atoms with Crippen molar-refractivity contribution in [3.8, 4) is 0 Å². The van der Waals surface area contributed by atoms with Gasteiger partial charge in [0, 0.05) is 67.9 Å². The second-order valence-corrected chi connectivity index (χ2v) is 9.96. The minimum atomic E-state index is 0.100. The van der Waals surface area contributed by atoms with Gasteiger partial charge in [0.1, 0.15) is 0 Å². The second-order valence-electron chi connectivity index (χ2n) is 8.89. The molecule has 0 bridgehead atoms. The summed E-state index contributed by atoms with van der Waals surface area (Å²) >= 11 is 1.72. The third kappa shape index (κ3) is 5.23. The summed E-state index contributed by atoms with van der Waals surface area (Å²) in [4.78, 5) is 30.4. The van der Waals surface area contributed by atoms with Crippen LogP contribution in [-0.4, -0.2) is 82.3 Å². The van der Waals surface area contributed by atoms with E-state index in [1.807, 2.05) is 41.6 Å². The largest absolute Gasteiger partial charge is 0.379 e. The SMILES string of the molecule is Cc1cnc(SCCN2CCOCC2)nc1[C@H]1CCCN(C(=O)c2ccc3cc[nH]c3c2)C1. The van der Waals surface area contributed by atoms with Crippen molar-refractivity contribution < 1.29 is 9.53 Å². The molecular weight excluding hydrogens is 434 g/mol. The molecule has 1 amide bonds. The third-order valence-corrected chi connectivity index (χ3v) is 7.47.